The molecule has 49 heavy (non-hydrogen) atoms. The molecule has 0 amide bonds. The Hall–Kier alpha value is -3.87. The zero-order valence-corrected chi connectivity index (χ0v) is 29.4. The van der Waals surface area contributed by atoms with Crippen LogP contribution in [0.25, 0.3) is 0 Å². The van der Waals surface area contributed by atoms with E-state index in [2.05, 4.69) is 6.92 Å². The summed E-state index contributed by atoms with van der Waals surface area (Å²) in [5.41, 5.74) is -0.756. The van der Waals surface area contributed by atoms with Gasteiger partial charge < -0.3 is 29.2 Å². The summed E-state index contributed by atoms with van der Waals surface area (Å²) in [6.45, 7) is 12.5. The van der Waals surface area contributed by atoms with Crippen molar-refractivity contribution in [1.82, 2.24) is 0 Å². The van der Waals surface area contributed by atoms with Crippen LogP contribution in [-0.4, -0.2) is 69.2 Å². The summed E-state index contributed by atoms with van der Waals surface area (Å²) in [6, 6.07) is 5.42. The van der Waals surface area contributed by atoms with Crippen molar-refractivity contribution in [2.45, 2.75) is 117 Å². The van der Waals surface area contributed by atoms with E-state index in [1.165, 1.54) is 38.1 Å². The van der Waals surface area contributed by atoms with Crippen molar-refractivity contribution in [3.8, 4) is 5.75 Å². The number of esters is 3. The third-order valence-electron chi connectivity index (χ3n) is 9.25. The van der Waals surface area contributed by atoms with Gasteiger partial charge in [0.2, 0.25) is 0 Å². The number of allylic oxidation sites excluding steroid dienone is 3. The number of nitro groups is 1. The van der Waals surface area contributed by atoms with E-state index in [0.717, 1.165) is 12.0 Å². The molecule has 12 heteroatoms. The first-order chi connectivity index (χ1) is 23.0. The highest BCUT2D eigenvalue weighted by molar-refractivity contribution is 5.75. The van der Waals surface area contributed by atoms with Crippen LogP contribution in [0.1, 0.15) is 80.6 Å². The largest absolute Gasteiger partial charge is 0.457 e. The number of nitrogens with zero attached hydrogens (tertiary/aromatic N) is 1. The molecule has 0 bridgehead atoms. The minimum absolute atomic E-state index is 0.0211. The second kappa shape index (κ2) is 17.7. The molecule has 3 rings (SSSR count). The van der Waals surface area contributed by atoms with Gasteiger partial charge in [0.25, 0.3) is 5.69 Å². The normalized spacial score (nSPS) is 30.6. The third kappa shape index (κ3) is 11.9. The van der Waals surface area contributed by atoms with E-state index in [-0.39, 0.29) is 60.7 Å². The quantitative estimate of drug-likeness (QED) is 0.0518. The van der Waals surface area contributed by atoms with Gasteiger partial charge >= 0.3 is 17.9 Å². The van der Waals surface area contributed by atoms with Gasteiger partial charge in [0.15, 0.2) is 0 Å². The molecular weight excluding hydrogens is 634 g/mol. The monoisotopic (exact) mass is 685 g/mol. The molecule has 10 unspecified atom stereocenters. The van der Waals surface area contributed by atoms with Crippen LogP contribution in [0, 0.1) is 33.8 Å². The van der Waals surface area contributed by atoms with Crippen molar-refractivity contribution in [1.29, 1.82) is 0 Å². The van der Waals surface area contributed by atoms with Crippen molar-refractivity contribution >= 4 is 23.6 Å². The van der Waals surface area contributed by atoms with Crippen molar-refractivity contribution in [3.63, 3.8) is 0 Å². The van der Waals surface area contributed by atoms with Gasteiger partial charge in [-0.25, -0.2) is 0 Å². The van der Waals surface area contributed by atoms with Gasteiger partial charge in [0.05, 0.1) is 35.6 Å². The summed E-state index contributed by atoms with van der Waals surface area (Å²) < 4.78 is 22.7. The fourth-order valence-corrected chi connectivity index (χ4v) is 6.18. The van der Waals surface area contributed by atoms with Gasteiger partial charge in [-0.05, 0) is 75.1 Å². The Morgan fingerprint density at radius 3 is 2.47 bits per heavy atom. The number of cyclic esters (lactones) is 1. The SMILES string of the molecule is CCC(C(=O)Oc1ccc([N+](=O)[O-])cc1)C(C)C1OC1CC(C)/C=C/C=C(\C)C1OC(=O)CC(O)CCC(C)(O)C(OC(C)=O)/C=C/C1C. The number of aliphatic hydroxyl groups excluding tert-OH is 1. The lowest BCUT2D eigenvalue weighted by Crippen LogP contribution is -2.42. The molecule has 2 aliphatic rings. The number of rotatable bonds is 12. The Kier molecular flexibility index (Phi) is 14.3. The van der Waals surface area contributed by atoms with E-state index in [0.29, 0.717) is 6.42 Å². The molecule has 2 heterocycles. The molecule has 2 N–H and O–H groups in total. The summed E-state index contributed by atoms with van der Waals surface area (Å²) in [5.74, 6) is -1.93. The van der Waals surface area contributed by atoms with Crippen LogP contribution in [0.3, 0.4) is 0 Å². The van der Waals surface area contributed by atoms with Crippen molar-refractivity contribution in [3.05, 3.63) is 70.3 Å². The maximum Gasteiger partial charge on any atom is 0.314 e. The van der Waals surface area contributed by atoms with Crippen LogP contribution in [0.2, 0.25) is 0 Å². The molecule has 1 saturated heterocycles. The number of epoxide rings is 1. The lowest BCUT2D eigenvalue weighted by Gasteiger charge is -2.32. The van der Waals surface area contributed by atoms with E-state index in [1.54, 1.807) is 12.2 Å². The highest BCUT2D eigenvalue weighted by Gasteiger charge is 2.47. The molecule has 12 nitrogen and oxygen atoms in total. The highest BCUT2D eigenvalue weighted by Crippen LogP contribution is 2.39. The van der Waals surface area contributed by atoms with Gasteiger partial charge in [0.1, 0.15) is 23.6 Å². The molecule has 0 aliphatic carbocycles. The topological polar surface area (TPSA) is 175 Å². The Bertz CT molecular complexity index is 1400. The standard InChI is InChI=1S/C37H51NO11/c1-8-30(36(42)47-29-15-13-27(14-16-29)38(44)45)25(5)35-31(48-35)20-22(2)10-9-11-23(3)34-24(4)12-17-32(46-26(6)39)37(7,43)19-18-28(40)21-33(41)49-34/h9-17,22,24-25,28,30-32,34-35,40,43H,8,18-21H2,1-7H3/b10-9+,17-12+,23-11+. The lowest BCUT2D eigenvalue weighted by molar-refractivity contribution is -0.384. The fourth-order valence-electron chi connectivity index (χ4n) is 6.18. The van der Waals surface area contributed by atoms with Gasteiger partial charge in [-0.2, -0.15) is 0 Å². The second-order valence-electron chi connectivity index (χ2n) is 13.6. The van der Waals surface area contributed by atoms with E-state index in [9.17, 15) is 34.7 Å². The fraction of sp³-hybridized carbons (Fsp3) is 0.595. The van der Waals surface area contributed by atoms with Gasteiger partial charge in [-0.3, -0.25) is 24.5 Å². The number of nitro benzene ring substituents is 1. The van der Waals surface area contributed by atoms with E-state index in [1.807, 2.05) is 45.9 Å². The van der Waals surface area contributed by atoms with Crippen LogP contribution in [-0.2, 0) is 28.6 Å². The average molecular weight is 686 g/mol. The molecule has 2 aliphatic heterocycles. The van der Waals surface area contributed by atoms with Gasteiger partial charge in [-0.1, -0.05) is 52.0 Å². The minimum atomic E-state index is -1.44. The molecule has 0 saturated carbocycles. The average Bonchev–Trinajstić information content (AvgIpc) is 3.79. The molecule has 0 spiro atoms. The molecule has 1 fully saturated rings. The second-order valence-corrected chi connectivity index (χ2v) is 13.6. The van der Waals surface area contributed by atoms with Crippen LogP contribution >= 0.6 is 0 Å². The Balaban J connectivity index is 1.61. The van der Waals surface area contributed by atoms with Gasteiger partial charge in [0, 0.05) is 25.0 Å². The first-order valence-electron chi connectivity index (χ1n) is 16.9. The van der Waals surface area contributed by atoms with Crippen LogP contribution in [0.15, 0.2) is 60.2 Å². The first-order valence-corrected chi connectivity index (χ1v) is 16.9. The number of hydrogen-bond acceptors (Lipinski definition) is 11. The minimum Gasteiger partial charge on any atom is -0.457 e. The van der Waals surface area contributed by atoms with Crippen molar-refractivity contribution in [2.24, 2.45) is 23.7 Å². The highest BCUT2D eigenvalue weighted by atomic mass is 16.6. The molecule has 10 atom stereocenters. The summed E-state index contributed by atoms with van der Waals surface area (Å²) in [5, 5.41) is 32.3. The number of benzene rings is 1. The number of ether oxygens (including phenoxy) is 4. The maximum atomic E-state index is 12.9. The van der Waals surface area contributed by atoms with Gasteiger partial charge in [-0.15, -0.1) is 0 Å². The lowest BCUT2D eigenvalue weighted by atomic mass is 9.86. The number of non-ortho nitro benzene ring substituents is 1. The first kappa shape index (κ1) is 39.6. The maximum absolute atomic E-state index is 12.9. The number of hydrogen-bond donors (Lipinski definition) is 2. The molecule has 1 aromatic rings. The smallest absolute Gasteiger partial charge is 0.314 e. The number of carbonyl (C=O) groups excluding carboxylic acids is 3. The summed E-state index contributed by atoms with van der Waals surface area (Å²) in [4.78, 5) is 47.8. The van der Waals surface area contributed by atoms with Crippen LogP contribution < -0.4 is 4.74 Å². The van der Waals surface area contributed by atoms with Crippen LogP contribution in [0.5, 0.6) is 5.75 Å². The zero-order chi connectivity index (χ0) is 36.5. The summed E-state index contributed by atoms with van der Waals surface area (Å²) in [6.07, 6.45) is 7.74. The third-order valence-corrected chi connectivity index (χ3v) is 9.25. The Labute approximate surface area is 288 Å². The van der Waals surface area contributed by atoms with E-state index >= 15 is 0 Å². The summed E-state index contributed by atoms with van der Waals surface area (Å²) >= 11 is 0. The van der Waals surface area contributed by atoms with Crippen LogP contribution in [0.4, 0.5) is 5.69 Å². The predicted octanol–water partition coefficient (Wildman–Crippen LogP) is 5.79. The van der Waals surface area contributed by atoms with E-state index in [4.69, 9.17) is 18.9 Å². The Morgan fingerprint density at radius 1 is 1.18 bits per heavy atom. The zero-order valence-electron chi connectivity index (χ0n) is 29.4. The molecule has 1 aromatic carbocycles. The van der Waals surface area contributed by atoms with E-state index < -0.39 is 52.7 Å². The number of aliphatic hydroxyl groups is 2. The predicted molar refractivity (Wildman–Crippen MR) is 181 cm³/mol. The molecule has 270 valence electrons. The number of carbonyl (C=O) groups is 3. The molecular formula is C37H51NO11. The molecule has 0 radical (unpaired) electrons. The van der Waals surface area contributed by atoms with Crippen molar-refractivity contribution in [2.75, 3.05) is 0 Å². The van der Waals surface area contributed by atoms with Crippen molar-refractivity contribution < 1.29 is 48.5 Å². The molecule has 0 aromatic heterocycles. The Morgan fingerprint density at radius 2 is 1.86 bits per heavy atom. The summed E-state index contributed by atoms with van der Waals surface area (Å²) in [7, 11) is 0.